The van der Waals surface area contributed by atoms with Gasteiger partial charge in [-0.2, -0.15) is 0 Å². The Hall–Kier alpha value is -0.880. The fourth-order valence-electron chi connectivity index (χ4n) is 0.973. The molecule has 0 aromatic carbocycles. The number of aromatic nitrogens is 1. The molecule has 0 aliphatic heterocycles. The van der Waals surface area contributed by atoms with Gasteiger partial charge in [0.05, 0.1) is 12.7 Å². The van der Waals surface area contributed by atoms with Gasteiger partial charge in [0.15, 0.2) is 0 Å². The van der Waals surface area contributed by atoms with E-state index in [9.17, 15) is 4.79 Å². The third kappa shape index (κ3) is 3.94. The van der Waals surface area contributed by atoms with E-state index in [1.165, 1.54) is 12.1 Å². The molecule has 3 N–H and O–H groups in total. The molecule has 0 aliphatic carbocycles. The highest BCUT2D eigenvalue weighted by molar-refractivity contribution is 6.33. The summed E-state index contributed by atoms with van der Waals surface area (Å²) in [4.78, 5) is 15.2. The van der Waals surface area contributed by atoms with E-state index < -0.39 is 18.6 Å². The number of hydrogen-bond donors (Lipinski definition) is 3. The summed E-state index contributed by atoms with van der Waals surface area (Å²) in [5.41, 5.74) is 0.245. The van der Waals surface area contributed by atoms with Gasteiger partial charge in [0.25, 0.3) is 5.91 Å². The Morgan fingerprint density at radius 1 is 1.44 bits per heavy atom. The van der Waals surface area contributed by atoms with Crippen molar-refractivity contribution in [3.63, 3.8) is 0 Å². The number of rotatable bonds is 4. The molecular weight excluding hydrogens is 255 g/mol. The lowest BCUT2D eigenvalue weighted by atomic mass is 10.2. The minimum absolute atomic E-state index is 0.0487. The molecule has 0 fully saturated rings. The second-order valence-corrected chi connectivity index (χ2v) is 3.82. The van der Waals surface area contributed by atoms with Crippen molar-refractivity contribution in [1.29, 1.82) is 0 Å². The molecule has 1 aromatic rings. The van der Waals surface area contributed by atoms with Crippen molar-refractivity contribution in [2.75, 3.05) is 13.2 Å². The number of nitrogens with zero attached hydrogens (tertiary/aromatic N) is 1. The van der Waals surface area contributed by atoms with Crippen molar-refractivity contribution in [2.24, 2.45) is 0 Å². The van der Waals surface area contributed by atoms with Gasteiger partial charge >= 0.3 is 0 Å². The summed E-state index contributed by atoms with van der Waals surface area (Å²) in [6, 6.07) is 2.71. The minimum Gasteiger partial charge on any atom is -0.394 e. The van der Waals surface area contributed by atoms with Gasteiger partial charge in [0, 0.05) is 12.1 Å². The second-order valence-electron chi connectivity index (χ2n) is 3.05. The fraction of sp³-hybridized carbons (Fsp3) is 0.333. The molecule has 0 aliphatic rings. The summed E-state index contributed by atoms with van der Waals surface area (Å²) in [6.07, 6.45) is -0.989. The number of carbonyl (C=O) groups is 1. The van der Waals surface area contributed by atoms with Gasteiger partial charge in [0.2, 0.25) is 0 Å². The van der Waals surface area contributed by atoms with Crippen LogP contribution < -0.4 is 5.32 Å². The van der Waals surface area contributed by atoms with E-state index in [1.54, 1.807) is 0 Å². The standard InChI is InChI=1S/C9H10Cl2N2O3/c10-7-1-5(2-8(11)13-7)9(16)12-3-6(15)4-14/h1-2,6,14-15H,3-4H2,(H,12,16). The maximum atomic E-state index is 11.5. The molecule has 1 amide bonds. The fourth-order valence-corrected chi connectivity index (χ4v) is 1.43. The van der Waals surface area contributed by atoms with Crippen LogP contribution in [-0.4, -0.2) is 40.4 Å². The number of hydrogen-bond acceptors (Lipinski definition) is 4. The van der Waals surface area contributed by atoms with Crippen LogP contribution in [0.4, 0.5) is 0 Å². The quantitative estimate of drug-likeness (QED) is 0.691. The van der Waals surface area contributed by atoms with E-state index in [0.29, 0.717) is 0 Å². The van der Waals surface area contributed by atoms with Crippen molar-refractivity contribution >= 4 is 29.1 Å². The van der Waals surface area contributed by atoms with Crippen molar-refractivity contribution < 1.29 is 15.0 Å². The number of halogens is 2. The van der Waals surface area contributed by atoms with Gasteiger partial charge in [-0.05, 0) is 12.1 Å². The molecule has 1 unspecified atom stereocenters. The van der Waals surface area contributed by atoms with E-state index >= 15 is 0 Å². The van der Waals surface area contributed by atoms with Crippen LogP contribution in [0, 0.1) is 0 Å². The van der Waals surface area contributed by atoms with Crippen LogP contribution >= 0.6 is 23.2 Å². The van der Waals surface area contributed by atoms with Crippen LogP contribution in [-0.2, 0) is 0 Å². The molecule has 7 heteroatoms. The molecule has 0 radical (unpaired) electrons. The number of carbonyl (C=O) groups excluding carboxylic acids is 1. The summed E-state index contributed by atoms with van der Waals surface area (Å²) in [5.74, 6) is -0.446. The minimum atomic E-state index is -0.989. The van der Waals surface area contributed by atoms with E-state index in [-0.39, 0.29) is 22.4 Å². The van der Waals surface area contributed by atoms with Crippen molar-refractivity contribution in [3.8, 4) is 0 Å². The first-order valence-corrected chi connectivity index (χ1v) is 5.18. The predicted molar refractivity (Wildman–Crippen MR) is 59.7 cm³/mol. The van der Waals surface area contributed by atoms with E-state index in [0.717, 1.165) is 0 Å². The molecule has 0 saturated heterocycles. The average Bonchev–Trinajstić information content (AvgIpc) is 2.23. The zero-order chi connectivity index (χ0) is 12.1. The summed E-state index contributed by atoms with van der Waals surface area (Å²) >= 11 is 11.2. The van der Waals surface area contributed by atoms with Gasteiger partial charge < -0.3 is 15.5 Å². The number of aliphatic hydroxyl groups is 2. The first kappa shape index (κ1) is 13.2. The van der Waals surface area contributed by atoms with Crippen LogP contribution in [0.25, 0.3) is 0 Å². The monoisotopic (exact) mass is 264 g/mol. The molecule has 0 spiro atoms. The summed E-state index contributed by atoms with van der Waals surface area (Å²) < 4.78 is 0. The Bertz CT molecular complexity index is 367. The number of nitrogens with one attached hydrogen (secondary N) is 1. The first-order chi connectivity index (χ1) is 7.52. The Labute approximate surface area is 102 Å². The lowest BCUT2D eigenvalue weighted by Gasteiger charge is -2.09. The summed E-state index contributed by atoms with van der Waals surface area (Å²) in [6.45, 7) is -0.467. The zero-order valence-electron chi connectivity index (χ0n) is 8.15. The summed E-state index contributed by atoms with van der Waals surface area (Å²) in [7, 11) is 0. The Kier molecular flexibility index (Phi) is 4.95. The highest BCUT2D eigenvalue weighted by atomic mass is 35.5. The molecular formula is C9H10Cl2N2O3. The van der Waals surface area contributed by atoms with Crippen LogP contribution in [0.3, 0.4) is 0 Å². The average molecular weight is 265 g/mol. The van der Waals surface area contributed by atoms with Crippen molar-refractivity contribution in [3.05, 3.63) is 28.0 Å². The molecule has 1 aromatic heterocycles. The Morgan fingerprint density at radius 3 is 2.50 bits per heavy atom. The highest BCUT2D eigenvalue weighted by Crippen LogP contribution is 2.14. The van der Waals surface area contributed by atoms with Gasteiger partial charge in [-0.15, -0.1) is 0 Å². The van der Waals surface area contributed by atoms with Crippen molar-refractivity contribution in [1.82, 2.24) is 10.3 Å². The van der Waals surface area contributed by atoms with Gasteiger partial charge in [-0.25, -0.2) is 4.98 Å². The molecule has 1 rings (SSSR count). The predicted octanol–water partition coefficient (Wildman–Crippen LogP) is 0.471. The van der Waals surface area contributed by atoms with E-state index in [1.807, 2.05) is 0 Å². The zero-order valence-corrected chi connectivity index (χ0v) is 9.66. The molecule has 88 valence electrons. The Morgan fingerprint density at radius 2 is 2.00 bits per heavy atom. The van der Waals surface area contributed by atoms with Gasteiger partial charge in [0.1, 0.15) is 10.3 Å². The SMILES string of the molecule is O=C(NCC(O)CO)c1cc(Cl)nc(Cl)c1. The van der Waals surface area contributed by atoms with Crippen LogP contribution in [0.1, 0.15) is 10.4 Å². The van der Waals surface area contributed by atoms with Gasteiger partial charge in [-0.3, -0.25) is 4.79 Å². The smallest absolute Gasteiger partial charge is 0.251 e. The van der Waals surface area contributed by atoms with E-state index in [4.69, 9.17) is 33.4 Å². The second kappa shape index (κ2) is 6.00. The topological polar surface area (TPSA) is 82.5 Å². The molecule has 16 heavy (non-hydrogen) atoms. The Balaban J connectivity index is 2.66. The first-order valence-electron chi connectivity index (χ1n) is 4.43. The lowest BCUT2D eigenvalue weighted by Crippen LogP contribution is -2.33. The lowest BCUT2D eigenvalue weighted by molar-refractivity contribution is 0.0802. The molecule has 1 atom stereocenters. The van der Waals surface area contributed by atoms with Gasteiger partial charge in [-0.1, -0.05) is 23.2 Å². The maximum Gasteiger partial charge on any atom is 0.251 e. The highest BCUT2D eigenvalue weighted by Gasteiger charge is 2.10. The van der Waals surface area contributed by atoms with E-state index in [2.05, 4.69) is 10.3 Å². The van der Waals surface area contributed by atoms with Crippen LogP contribution in [0.15, 0.2) is 12.1 Å². The third-order valence-electron chi connectivity index (χ3n) is 1.73. The largest absolute Gasteiger partial charge is 0.394 e. The number of aliphatic hydroxyl groups excluding tert-OH is 2. The summed E-state index contributed by atoms with van der Waals surface area (Å²) in [5, 5.41) is 20.2. The number of amides is 1. The van der Waals surface area contributed by atoms with Crippen molar-refractivity contribution in [2.45, 2.75) is 6.10 Å². The van der Waals surface area contributed by atoms with Crippen LogP contribution in [0.5, 0.6) is 0 Å². The van der Waals surface area contributed by atoms with Crippen LogP contribution in [0.2, 0.25) is 10.3 Å². The third-order valence-corrected chi connectivity index (χ3v) is 2.12. The molecule has 1 heterocycles. The normalized spacial score (nSPS) is 12.2. The molecule has 5 nitrogen and oxygen atoms in total. The molecule has 0 saturated carbocycles. The molecule has 0 bridgehead atoms. The number of pyridine rings is 1. The maximum absolute atomic E-state index is 11.5.